The molecule has 0 radical (unpaired) electrons. The minimum Gasteiger partial charge on any atom is -0.354 e. The Balaban J connectivity index is 2.05. The van der Waals surface area contributed by atoms with E-state index in [9.17, 15) is 9.59 Å². The molecule has 0 aliphatic rings. The van der Waals surface area contributed by atoms with Crippen LogP contribution in [-0.4, -0.2) is 38.0 Å². The van der Waals surface area contributed by atoms with Gasteiger partial charge in [-0.05, 0) is 49.8 Å². The van der Waals surface area contributed by atoms with Gasteiger partial charge in [0.1, 0.15) is 6.04 Å². The minimum atomic E-state index is -0.643. The SMILES string of the molecule is CNCCCNC(=O)C(Cc1ccccc1)NC(=O)c1ccc(Cl)cc1. The number of carbonyl (C=O) groups excluding carboxylic acids is 2. The van der Waals surface area contributed by atoms with Crippen LogP contribution in [0.4, 0.5) is 0 Å². The molecule has 26 heavy (non-hydrogen) atoms. The molecule has 138 valence electrons. The molecule has 3 N–H and O–H groups in total. The molecule has 0 spiro atoms. The van der Waals surface area contributed by atoms with Crippen molar-refractivity contribution in [1.82, 2.24) is 16.0 Å². The molecular weight excluding hydrogens is 350 g/mol. The third kappa shape index (κ3) is 6.50. The zero-order valence-corrected chi connectivity index (χ0v) is 15.6. The molecule has 2 aromatic rings. The van der Waals surface area contributed by atoms with E-state index >= 15 is 0 Å². The summed E-state index contributed by atoms with van der Waals surface area (Å²) in [5, 5.41) is 9.32. The van der Waals surface area contributed by atoms with Crippen molar-refractivity contribution in [1.29, 1.82) is 0 Å². The van der Waals surface area contributed by atoms with Gasteiger partial charge in [0.2, 0.25) is 5.91 Å². The van der Waals surface area contributed by atoms with Gasteiger partial charge in [-0.15, -0.1) is 0 Å². The van der Waals surface area contributed by atoms with Gasteiger partial charge < -0.3 is 16.0 Å². The molecule has 2 aromatic carbocycles. The summed E-state index contributed by atoms with van der Waals surface area (Å²) in [5.74, 6) is -0.486. The molecule has 0 bridgehead atoms. The average molecular weight is 374 g/mol. The second kappa shape index (κ2) is 10.6. The predicted octanol–water partition coefficient (Wildman–Crippen LogP) is 2.41. The van der Waals surface area contributed by atoms with Gasteiger partial charge in [-0.25, -0.2) is 0 Å². The van der Waals surface area contributed by atoms with Crippen LogP contribution in [0, 0.1) is 0 Å². The van der Waals surface area contributed by atoms with Gasteiger partial charge in [-0.3, -0.25) is 9.59 Å². The van der Waals surface area contributed by atoms with Crippen LogP contribution in [0.2, 0.25) is 5.02 Å². The van der Waals surface area contributed by atoms with E-state index in [1.165, 1.54) is 0 Å². The lowest BCUT2D eigenvalue weighted by molar-refractivity contribution is -0.122. The summed E-state index contributed by atoms with van der Waals surface area (Å²) in [4.78, 5) is 25.1. The molecule has 0 aliphatic heterocycles. The zero-order valence-electron chi connectivity index (χ0n) is 14.8. The van der Waals surface area contributed by atoms with Crippen molar-refractivity contribution in [2.45, 2.75) is 18.9 Å². The fourth-order valence-electron chi connectivity index (χ4n) is 2.50. The molecule has 2 amide bonds. The van der Waals surface area contributed by atoms with Gasteiger partial charge >= 0.3 is 0 Å². The van der Waals surface area contributed by atoms with Crippen LogP contribution >= 0.6 is 11.6 Å². The number of halogens is 1. The van der Waals surface area contributed by atoms with Crippen LogP contribution in [0.3, 0.4) is 0 Å². The van der Waals surface area contributed by atoms with Gasteiger partial charge in [0.05, 0.1) is 0 Å². The molecule has 6 heteroatoms. The third-order valence-electron chi connectivity index (χ3n) is 3.91. The summed E-state index contributed by atoms with van der Waals surface area (Å²) in [5.41, 5.74) is 1.45. The highest BCUT2D eigenvalue weighted by Gasteiger charge is 2.21. The van der Waals surface area contributed by atoms with Crippen molar-refractivity contribution >= 4 is 23.4 Å². The fourth-order valence-corrected chi connectivity index (χ4v) is 2.63. The highest BCUT2D eigenvalue weighted by molar-refractivity contribution is 6.30. The van der Waals surface area contributed by atoms with Gasteiger partial charge in [0.25, 0.3) is 5.91 Å². The first-order chi connectivity index (χ1) is 12.6. The maximum Gasteiger partial charge on any atom is 0.251 e. The Morgan fingerprint density at radius 1 is 1.00 bits per heavy atom. The number of carbonyl (C=O) groups is 2. The van der Waals surface area contributed by atoms with Crippen molar-refractivity contribution in [3.8, 4) is 0 Å². The Morgan fingerprint density at radius 3 is 2.35 bits per heavy atom. The van der Waals surface area contributed by atoms with E-state index in [0.29, 0.717) is 23.6 Å². The number of nitrogens with one attached hydrogen (secondary N) is 3. The largest absolute Gasteiger partial charge is 0.354 e. The van der Waals surface area contributed by atoms with Crippen molar-refractivity contribution in [3.05, 3.63) is 70.7 Å². The summed E-state index contributed by atoms with van der Waals surface area (Å²) in [7, 11) is 1.87. The summed E-state index contributed by atoms with van der Waals surface area (Å²) in [6.07, 6.45) is 1.25. The molecule has 0 fully saturated rings. The van der Waals surface area contributed by atoms with E-state index in [1.807, 2.05) is 37.4 Å². The monoisotopic (exact) mass is 373 g/mol. The van der Waals surface area contributed by atoms with Gasteiger partial charge in [-0.2, -0.15) is 0 Å². The average Bonchev–Trinajstić information content (AvgIpc) is 2.66. The number of amides is 2. The standard InChI is InChI=1S/C20H24ClN3O2/c1-22-12-5-13-23-20(26)18(14-15-6-3-2-4-7-15)24-19(25)16-8-10-17(21)11-9-16/h2-4,6-11,18,22H,5,12-14H2,1H3,(H,23,26)(H,24,25). The molecular formula is C20H24ClN3O2. The summed E-state index contributed by atoms with van der Waals surface area (Å²) < 4.78 is 0. The van der Waals surface area contributed by atoms with Crippen LogP contribution in [-0.2, 0) is 11.2 Å². The number of rotatable bonds is 9. The van der Waals surface area contributed by atoms with Crippen LogP contribution < -0.4 is 16.0 Å². The third-order valence-corrected chi connectivity index (χ3v) is 4.17. The van der Waals surface area contributed by atoms with Crippen molar-refractivity contribution in [2.24, 2.45) is 0 Å². The normalized spacial score (nSPS) is 11.6. The quantitative estimate of drug-likeness (QED) is 0.591. The number of hydrogen-bond acceptors (Lipinski definition) is 3. The smallest absolute Gasteiger partial charge is 0.251 e. The molecule has 0 heterocycles. The first-order valence-electron chi connectivity index (χ1n) is 8.63. The Labute approximate surface area is 159 Å². The lowest BCUT2D eigenvalue weighted by atomic mass is 10.0. The molecule has 1 unspecified atom stereocenters. The topological polar surface area (TPSA) is 70.2 Å². The second-order valence-electron chi connectivity index (χ2n) is 5.97. The molecule has 0 saturated carbocycles. The minimum absolute atomic E-state index is 0.188. The van der Waals surface area contributed by atoms with E-state index in [2.05, 4.69) is 16.0 Å². The Bertz CT molecular complexity index is 705. The van der Waals surface area contributed by atoms with Crippen LogP contribution in [0.5, 0.6) is 0 Å². The van der Waals surface area contributed by atoms with E-state index in [-0.39, 0.29) is 11.8 Å². The Morgan fingerprint density at radius 2 is 1.69 bits per heavy atom. The van der Waals surface area contributed by atoms with E-state index < -0.39 is 6.04 Å². The van der Waals surface area contributed by atoms with E-state index in [1.54, 1.807) is 24.3 Å². The summed E-state index contributed by atoms with van der Waals surface area (Å²) in [6.45, 7) is 1.38. The van der Waals surface area contributed by atoms with Gasteiger partial charge in [0, 0.05) is 23.6 Å². The summed E-state index contributed by atoms with van der Waals surface area (Å²) in [6, 6.07) is 15.6. The second-order valence-corrected chi connectivity index (χ2v) is 6.41. The Kier molecular flexibility index (Phi) is 8.12. The van der Waals surface area contributed by atoms with Gasteiger partial charge in [0.15, 0.2) is 0 Å². The van der Waals surface area contributed by atoms with Crippen molar-refractivity contribution < 1.29 is 9.59 Å². The fraction of sp³-hybridized carbons (Fsp3) is 0.300. The van der Waals surface area contributed by atoms with E-state index in [0.717, 1.165) is 18.5 Å². The number of benzene rings is 2. The molecule has 2 rings (SSSR count). The van der Waals surface area contributed by atoms with Gasteiger partial charge in [-0.1, -0.05) is 41.9 Å². The molecule has 0 aromatic heterocycles. The highest BCUT2D eigenvalue weighted by Crippen LogP contribution is 2.10. The molecule has 0 saturated heterocycles. The summed E-state index contributed by atoms with van der Waals surface area (Å²) >= 11 is 5.86. The van der Waals surface area contributed by atoms with Crippen molar-refractivity contribution in [2.75, 3.05) is 20.1 Å². The van der Waals surface area contributed by atoms with Crippen LogP contribution in [0.1, 0.15) is 22.3 Å². The lowest BCUT2D eigenvalue weighted by Crippen LogP contribution is -2.48. The predicted molar refractivity (Wildman–Crippen MR) is 104 cm³/mol. The zero-order chi connectivity index (χ0) is 18.8. The first kappa shape index (κ1) is 19.9. The highest BCUT2D eigenvalue weighted by atomic mass is 35.5. The molecule has 0 aliphatic carbocycles. The van der Waals surface area contributed by atoms with E-state index in [4.69, 9.17) is 11.6 Å². The van der Waals surface area contributed by atoms with Crippen LogP contribution in [0.25, 0.3) is 0 Å². The molecule has 5 nitrogen and oxygen atoms in total. The maximum absolute atomic E-state index is 12.6. The first-order valence-corrected chi connectivity index (χ1v) is 9.00. The lowest BCUT2D eigenvalue weighted by Gasteiger charge is -2.19. The van der Waals surface area contributed by atoms with Crippen molar-refractivity contribution in [3.63, 3.8) is 0 Å². The Hall–Kier alpha value is -2.37. The van der Waals surface area contributed by atoms with Crippen LogP contribution in [0.15, 0.2) is 54.6 Å². The number of hydrogen-bond donors (Lipinski definition) is 3. The molecule has 1 atom stereocenters. The maximum atomic E-state index is 12.6.